The first-order chi connectivity index (χ1) is 16.1. The van der Waals surface area contributed by atoms with Gasteiger partial charge in [-0.15, -0.1) is 0 Å². The molecule has 0 aliphatic carbocycles. The van der Waals surface area contributed by atoms with Gasteiger partial charge in [0.15, 0.2) is 11.5 Å². The highest BCUT2D eigenvalue weighted by Crippen LogP contribution is 2.31. The summed E-state index contributed by atoms with van der Waals surface area (Å²) in [4.78, 5) is 20.0. The van der Waals surface area contributed by atoms with Crippen molar-refractivity contribution in [3.63, 3.8) is 0 Å². The van der Waals surface area contributed by atoms with Crippen molar-refractivity contribution >= 4 is 17.8 Å². The maximum atomic E-state index is 13.5. The van der Waals surface area contributed by atoms with Gasteiger partial charge in [-0.3, -0.25) is 9.69 Å². The number of aliphatic imine (C=N–C) groups is 1. The summed E-state index contributed by atoms with van der Waals surface area (Å²) >= 11 is 0. The predicted octanol–water partition coefficient (Wildman–Crippen LogP) is 5.62. The van der Waals surface area contributed by atoms with Crippen molar-refractivity contribution in [2.24, 2.45) is 4.99 Å². The molecule has 1 aliphatic rings. The molecule has 4 rings (SSSR count). The molecule has 0 spiro atoms. The minimum atomic E-state index is -0.121. The molecule has 5 heteroatoms. The van der Waals surface area contributed by atoms with Crippen molar-refractivity contribution < 1.29 is 14.3 Å². The molecule has 0 unspecified atom stereocenters. The van der Waals surface area contributed by atoms with E-state index in [1.807, 2.05) is 99.6 Å². The van der Waals surface area contributed by atoms with Crippen molar-refractivity contribution in [3.05, 3.63) is 101 Å². The summed E-state index contributed by atoms with van der Waals surface area (Å²) in [6.45, 7) is 7.44. The lowest BCUT2D eigenvalue weighted by atomic mass is 10.1. The number of hydrogen-bond donors (Lipinski definition) is 0. The summed E-state index contributed by atoms with van der Waals surface area (Å²) in [6, 6.07) is 23.6. The number of nitrogens with zero attached hydrogens (tertiary/aromatic N) is 2. The van der Waals surface area contributed by atoms with Gasteiger partial charge in [-0.1, -0.05) is 60.7 Å². The highest BCUT2D eigenvalue weighted by atomic mass is 16.5. The maximum Gasteiger partial charge on any atom is 0.278 e. The van der Waals surface area contributed by atoms with Crippen LogP contribution in [0.25, 0.3) is 6.08 Å². The first-order valence-electron chi connectivity index (χ1n) is 11.2. The monoisotopic (exact) mass is 440 g/mol. The van der Waals surface area contributed by atoms with Gasteiger partial charge in [-0.05, 0) is 55.7 Å². The van der Waals surface area contributed by atoms with Crippen LogP contribution in [0, 0.1) is 6.92 Å². The van der Waals surface area contributed by atoms with Crippen LogP contribution in [0.3, 0.4) is 0 Å². The number of benzene rings is 3. The number of amidine groups is 1. The van der Waals surface area contributed by atoms with E-state index in [1.54, 1.807) is 4.90 Å². The van der Waals surface area contributed by atoms with E-state index in [1.165, 1.54) is 0 Å². The normalized spacial score (nSPS) is 14.5. The summed E-state index contributed by atoms with van der Waals surface area (Å²) in [6.07, 6.45) is 1.81. The zero-order valence-corrected chi connectivity index (χ0v) is 19.2. The second kappa shape index (κ2) is 10.2. The van der Waals surface area contributed by atoms with Crippen molar-refractivity contribution in [2.75, 3.05) is 13.2 Å². The molecule has 0 atom stereocenters. The molecule has 1 amide bonds. The topological polar surface area (TPSA) is 51.1 Å². The molecule has 1 heterocycles. The fourth-order valence-corrected chi connectivity index (χ4v) is 3.81. The van der Waals surface area contributed by atoms with Crippen molar-refractivity contribution in [1.82, 2.24) is 4.90 Å². The van der Waals surface area contributed by atoms with Gasteiger partial charge in [-0.25, -0.2) is 4.99 Å². The fourth-order valence-electron chi connectivity index (χ4n) is 3.81. The van der Waals surface area contributed by atoms with Gasteiger partial charge in [0.2, 0.25) is 0 Å². The van der Waals surface area contributed by atoms with E-state index in [4.69, 9.17) is 14.5 Å². The van der Waals surface area contributed by atoms with Gasteiger partial charge >= 0.3 is 0 Å². The molecule has 0 bridgehead atoms. The summed E-state index contributed by atoms with van der Waals surface area (Å²) in [5.74, 6) is 1.89. The molecular weight excluding hydrogens is 412 g/mol. The molecule has 168 valence electrons. The Balaban J connectivity index is 1.74. The van der Waals surface area contributed by atoms with Crippen LogP contribution in [0.4, 0.5) is 0 Å². The third-order valence-electron chi connectivity index (χ3n) is 5.39. The zero-order chi connectivity index (χ0) is 23.2. The lowest BCUT2D eigenvalue weighted by Crippen LogP contribution is -2.32. The number of carbonyl (C=O) groups is 1. The Labute approximate surface area is 195 Å². The third-order valence-corrected chi connectivity index (χ3v) is 5.39. The SMILES string of the molecule is CCOc1ccc(/C=C2/N=C(c3ccccc3C)N(Cc3ccccc3)C2=O)cc1OCC. The largest absolute Gasteiger partial charge is 0.490 e. The van der Waals surface area contributed by atoms with Crippen LogP contribution in [0.2, 0.25) is 0 Å². The van der Waals surface area contributed by atoms with E-state index >= 15 is 0 Å². The van der Waals surface area contributed by atoms with Crippen molar-refractivity contribution in [3.8, 4) is 11.5 Å². The summed E-state index contributed by atoms with van der Waals surface area (Å²) in [7, 11) is 0. The lowest BCUT2D eigenvalue weighted by Gasteiger charge is -2.19. The van der Waals surface area contributed by atoms with Crippen LogP contribution in [-0.4, -0.2) is 29.9 Å². The van der Waals surface area contributed by atoms with Crippen molar-refractivity contribution in [2.45, 2.75) is 27.3 Å². The fraction of sp³-hybridized carbons (Fsp3) is 0.214. The number of ether oxygens (including phenoxy) is 2. The molecule has 3 aromatic carbocycles. The van der Waals surface area contributed by atoms with E-state index in [2.05, 4.69) is 0 Å². The molecule has 0 saturated carbocycles. The summed E-state index contributed by atoms with van der Waals surface area (Å²) in [5, 5.41) is 0. The van der Waals surface area contributed by atoms with Crippen LogP contribution in [0.15, 0.2) is 83.5 Å². The quantitative estimate of drug-likeness (QED) is 0.427. The van der Waals surface area contributed by atoms with Gasteiger partial charge in [0, 0.05) is 5.56 Å². The molecule has 3 aromatic rings. The van der Waals surface area contributed by atoms with Crippen LogP contribution >= 0.6 is 0 Å². The van der Waals surface area contributed by atoms with E-state index in [0.29, 0.717) is 42.8 Å². The van der Waals surface area contributed by atoms with Gasteiger partial charge in [0.25, 0.3) is 5.91 Å². The Morgan fingerprint density at radius 1 is 0.879 bits per heavy atom. The molecule has 5 nitrogen and oxygen atoms in total. The molecule has 0 fully saturated rings. The van der Waals surface area contributed by atoms with Gasteiger partial charge in [0.05, 0.1) is 19.8 Å². The number of aryl methyl sites for hydroxylation is 1. The standard InChI is InChI=1S/C28H28N2O3/c1-4-32-25-16-15-22(18-26(25)33-5-2)17-24-28(31)30(19-21-12-7-6-8-13-21)27(29-24)23-14-10-9-11-20(23)3/h6-18H,4-5,19H2,1-3H3/b24-17+. The van der Waals surface area contributed by atoms with E-state index in [-0.39, 0.29) is 5.91 Å². The molecule has 0 radical (unpaired) electrons. The molecule has 1 aliphatic heterocycles. The Kier molecular flexibility index (Phi) is 6.89. The first kappa shape index (κ1) is 22.3. The summed E-state index contributed by atoms with van der Waals surface area (Å²) < 4.78 is 11.4. The highest BCUT2D eigenvalue weighted by Gasteiger charge is 2.31. The van der Waals surface area contributed by atoms with Gasteiger partial charge < -0.3 is 9.47 Å². The van der Waals surface area contributed by atoms with Crippen LogP contribution in [0.1, 0.15) is 36.1 Å². The number of amides is 1. The zero-order valence-electron chi connectivity index (χ0n) is 19.2. The minimum absolute atomic E-state index is 0.121. The third kappa shape index (κ3) is 4.98. The number of rotatable bonds is 8. The average Bonchev–Trinajstić information content (AvgIpc) is 3.12. The lowest BCUT2D eigenvalue weighted by molar-refractivity contribution is -0.123. The molecule has 0 saturated heterocycles. The predicted molar refractivity (Wildman–Crippen MR) is 131 cm³/mol. The number of hydrogen-bond acceptors (Lipinski definition) is 4. The first-order valence-corrected chi connectivity index (χ1v) is 11.2. The highest BCUT2D eigenvalue weighted by molar-refractivity contribution is 6.20. The Morgan fingerprint density at radius 2 is 1.58 bits per heavy atom. The van der Waals surface area contributed by atoms with Crippen LogP contribution in [-0.2, 0) is 11.3 Å². The second-order valence-corrected chi connectivity index (χ2v) is 7.73. The van der Waals surface area contributed by atoms with E-state index in [0.717, 1.165) is 22.3 Å². The van der Waals surface area contributed by atoms with Gasteiger partial charge in [0.1, 0.15) is 11.5 Å². The molecular formula is C28H28N2O3. The Hall–Kier alpha value is -3.86. The maximum absolute atomic E-state index is 13.5. The van der Waals surface area contributed by atoms with Crippen LogP contribution in [0.5, 0.6) is 11.5 Å². The smallest absolute Gasteiger partial charge is 0.278 e. The number of carbonyl (C=O) groups excluding carboxylic acids is 1. The summed E-state index contributed by atoms with van der Waals surface area (Å²) in [5.41, 5.74) is 4.30. The van der Waals surface area contributed by atoms with Crippen LogP contribution < -0.4 is 9.47 Å². The average molecular weight is 441 g/mol. The van der Waals surface area contributed by atoms with Gasteiger partial charge in [-0.2, -0.15) is 0 Å². The second-order valence-electron chi connectivity index (χ2n) is 7.73. The van der Waals surface area contributed by atoms with E-state index < -0.39 is 0 Å². The minimum Gasteiger partial charge on any atom is -0.490 e. The van der Waals surface area contributed by atoms with Crippen molar-refractivity contribution in [1.29, 1.82) is 0 Å². The molecule has 33 heavy (non-hydrogen) atoms. The Morgan fingerprint density at radius 3 is 2.30 bits per heavy atom. The Bertz CT molecular complexity index is 1200. The molecule has 0 aromatic heterocycles. The molecule has 0 N–H and O–H groups in total. The van der Waals surface area contributed by atoms with E-state index in [9.17, 15) is 4.79 Å².